The van der Waals surface area contributed by atoms with E-state index in [4.69, 9.17) is 0 Å². The fraction of sp³-hybridized carbons (Fsp3) is 0.667. The highest BCUT2D eigenvalue weighted by molar-refractivity contribution is 7.98. The number of hydrogen-bond acceptors (Lipinski definition) is 5. The summed E-state index contributed by atoms with van der Waals surface area (Å²) in [4.78, 5) is 21.1. The van der Waals surface area contributed by atoms with Gasteiger partial charge in [0.05, 0.1) is 0 Å². The molecular formula is C6H8O4S. The number of rotatable bonds is 3. The van der Waals surface area contributed by atoms with Crippen LogP contribution in [0.25, 0.3) is 0 Å². The normalized spacial score (nSPS) is 23.2. The van der Waals surface area contributed by atoms with Crippen molar-refractivity contribution in [3.8, 4) is 0 Å². The van der Waals surface area contributed by atoms with Crippen molar-refractivity contribution >= 4 is 23.9 Å². The molecule has 0 bridgehead atoms. The number of hydrogen-bond donors (Lipinski definition) is 0. The van der Waals surface area contributed by atoms with Crippen molar-refractivity contribution in [2.75, 3.05) is 12.0 Å². The largest absolute Gasteiger partial charge is 0.517 e. The highest BCUT2D eigenvalue weighted by Gasteiger charge is 2.34. The van der Waals surface area contributed by atoms with Gasteiger partial charge in [0.1, 0.15) is 0 Å². The molecule has 11 heavy (non-hydrogen) atoms. The Morgan fingerprint density at radius 3 is 2.73 bits per heavy atom. The average molecular weight is 176 g/mol. The molecule has 1 rings (SSSR count). The molecule has 1 fully saturated rings. The lowest BCUT2D eigenvalue weighted by Gasteiger charge is -2.00. The molecule has 0 aromatic carbocycles. The van der Waals surface area contributed by atoms with Crippen molar-refractivity contribution in [2.45, 2.75) is 12.5 Å². The van der Waals surface area contributed by atoms with Crippen LogP contribution < -0.4 is 0 Å². The third-order valence-corrected chi connectivity index (χ3v) is 1.91. The second kappa shape index (κ2) is 3.61. The van der Waals surface area contributed by atoms with Crippen LogP contribution in [0, 0.1) is 0 Å². The lowest BCUT2D eigenvalue weighted by Crippen LogP contribution is -2.16. The summed E-state index contributed by atoms with van der Waals surface area (Å²) in [7, 11) is 0. The van der Waals surface area contributed by atoms with Gasteiger partial charge in [-0.05, 0) is 12.0 Å². The predicted octanol–water partition coefficient (Wildman–Crippen LogP) is 0.801. The minimum atomic E-state index is -0.874. The van der Waals surface area contributed by atoms with Gasteiger partial charge in [0, 0.05) is 6.42 Å². The van der Waals surface area contributed by atoms with Crippen LogP contribution in [0.15, 0.2) is 0 Å². The molecule has 0 aliphatic carbocycles. The lowest BCUT2D eigenvalue weighted by atomic mass is 10.3. The van der Waals surface area contributed by atoms with E-state index in [0.717, 1.165) is 5.75 Å². The fourth-order valence-corrected chi connectivity index (χ4v) is 1.19. The Hall–Kier alpha value is -0.710. The molecule has 1 heterocycles. The summed E-state index contributed by atoms with van der Waals surface area (Å²) >= 11 is 1.59. The van der Waals surface area contributed by atoms with Gasteiger partial charge in [-0.25, -0.2) is 9.59 Å². The van der Waals surface area contributed by atoms with E-state index in [1.165, 1.54) is 0 Å². The van der Waals surface area contributed by atoms with E-state index in [1.54, 1.807) is 11.8 Å². The van der Waals surface area contributed by atoms with Crippen molar-refractivity contribution in [2.24, 2.45) is 0 Å². The molecular weight excluding hydrogens is 168 g/mol. The van der Waals surface area contributed by atoms with Crippen LogP contribution in [0.3, 0.4) is 0 Å². The minimum Gasteiger partial charge on any atom is -0.419 e. The maximum Gasteiger partial charge on any atom is 0.517 e. The monoisotopic (exact) mass is 176 g/mol. The van der Waals surface area contributed by atoms with Crippen LogP contribution in [-0.4, -0.2) is 30.2 Å². The second-order valence-corrected chi connectivity index (χ2v) is 3.04. The number of carbonyl (C=O) groups excluding carboxylic acids is 2. The third-order valence-electron chi connectivity index (χ3n) is 1.27. The SMILES string of the molecule is CSCCC1OC(=O)OC1=O. The molecule has 4 nitrogen and oxygen atoms in total. The van der Waals surface area contributed by atoms with Gasteiger partial charge in [0.2, 0.25) is 6.10 Å². The Bertz CT molecular complexity index is 179. The Balaban J connectivity index is 2.34. The van der Waals surface area contributed by atoms with Crippen molar-refractivity contribution in [1.82, 2.24) is 0 Å². The first kappa shape index (κ1) is 8.39. The molecule has 0 aromatic heterocycles. The molecule has 1 atom stereocenters. The molecule has 5 heteroatoms. The van der Waals surface area contributed by atoms with Gasteiger partial charge in [-0.2, -0.15) is 11.8 Å². The van der Waals surface area contributed by atoms with E-state index in [1.807, 2.05) is 6.26 Å². The van der Waals surface area contributed by atoms with Gasteiger partial charge in [-0.3, -0.25) is 0 Å². The first-order valence-electron chi connectivity index (χ1n) is 3.15. The first-order chi connectivity index (χ1) is 5.24. The smallest absolute Gasteiger partial charge is 0.419 e. The van der Waals surface area contributed by atoms with Crippen LogP contribution >= 0.6 is 11.8 Å². The lowest BCUT2D eigenvalue weighted by molar-refractivity contribution is -0.136. The summed E-state index contributed by atoms with van der Waals surface area (Å²) in [5.74, 6) is 0.219. The fourth-order valence-electron chi connectivity index (χ4n) is 0.738. The molecule has 0 spiro atoms. The zero-order chi connectivity index (χ0) is 8.27. The van der Waals surface area contributed by atoms with Crippen molar-refractivity contribution < 1.29 is 19.1 Å². The van der Waals surface area contributed by atoms with Gasteiger partial charge in [0.15, 0.2) is 0 Å². The van der Waals surface area contributed by atoms with Crippen LogP contribution in [0.5, 0.6) is 0 Å². The minimum absolute atomic E-state index is 0.533. The molecule has 1 unspecified atom stereocenters. The number of carbonyl (C=O) groups is 2. The number of thioether (sulfide) groups is 1. The van der Waals surface area contributed by atoms with Crippen molar-refractivity contribution in [3.05, 3.63) is 0 Å². The molecule has 0 radical (unpaired) electrons. The van der Waals surface area contributed by atoms with E-state index < -0.39 is 18.2 Å². The Labute approximate surface area is 68.2 Å². The standard InChI is InChI=1S/C6H8O4S/c1-11-3-2-4-5(7)10-6(8)9-4/h4H,2-3H2,1H3. The van der Waals surface area contributed by atoms with E-state index in [-0.39, 0.29) is 0 Å². The third kappa shape index (κ3) is 2.11. The number of cyclic esters (lactones) is 3. The van der Waals surface area contributed by atoms with Crippen molar-refractivity contribution in [1.29, 1.82) is 0 Å². The van der Waals surface area contributed by atoms with Gasteiger partial charge < -0.3 is 9.47 Å². The maximum atomic E-state index is 10.7. The van der Waals surface area contributed by atoms with E-state index in [0.29, 0.717) is 6.42 Å². The van der Waals surface area contributed by atoms with E-state index in [9.17, 15) is 9.59 Å². The van der Waals surface area contributed by atoms with E-state index >= 15 is 0 Å². The summed E-state index contributed by atoms with van der Waals surface area (Å²) in [6, 6.07) is 0. The van der Waals surface area contributed by atoms with Gasteiger partial charge in [-0.1, -0.05) is 0 Å². The van der Waals surface area contributed by atoms with Gasteiger partial charge >= 0.3 is 12.1 Å². The molecule has 1 aliphatic heterocycles. The highest BCUT2D eigenvalue weighted by atomic mass is 32.2. The summed E-state index contributed by atoms with van der Waals surface area (Å²) < 4.78 is 8.71. The Kier molecular flexibility index (Phi) is 2.76. The van der Waals surface area contributed by atoms with Crippen LogP contribution in [0.2, 0.25) is 0 Å². The maximum absolute atomic E-state index is 10.7. The molecule has 62 valence electrons. The molecule has 0 saturated carbocycles. The van der Waals surface area contributed by atoms with Crippen LogP contribution in [-0.2, 0) is 14.3 Å². The second-order valence-electron chi connectivity index (χ2n) is 2.06. The zero-order valence-corrected chi connectivity index (χ0v) is 6.85. The molecule has 0 amide bonds. The van der Waals surface area contributed by atoms with Crippen LogP contribution in [0.1, 0.15) is 6.42 Å². The topological polar surface area (TPSA) is 52.6 Å². The number of esters is 1. The quantitative estimate of drug-likeness (QED) is 0.470. The Morgan fingerprint density at radius 2 is 2.27 bits per heavy atom. The molecule has 1 aliphatic rings. The molecule has 0 aromatic rings. The summed E-state index contributed by atoms with van der Waals surface area (Å²) in [5, 5.41) is 0. The summed E-state index contributed by atoms with van der Waals surface area (Å²) in [6.07, 6.45) is 0.907. The Morgan fingerprint density at radius 1 is 1.55 bits per heavy atom. The van der Waals surface area contributed by atoms with Crippen LogP contribution in [0.4, 0.5) is 4.79 Å². The van der Waals surface area contributed by atoms with Gasteiger partial charge in [0.25, 0.3) is 0 Å². The summed E-state index contributed by atoms with van der Waals surface area (Å²) in [6.45, 7) is 0. The summed E-state index contributed by atoms with van der Waals surface area (Å²) in [5.41, 5.74) is 0. The van der Waals surface area contributed by atoms with Gasteiger partial charge in [-0.15, -0.1) is 0 Å². The first-order valence-corrected chi connectivity index (χ1v) is 4.54. The highest BCUT2D eigenvalue weighted by Crippen LogP contribution is 2.13. The predicted molar refractivity (Wildman–Crippen MR) is 39.4 cm³/mol. The zero-order valence-electron chi connectivity index (χ0n) is 6.03. The number of ether oxygens (including phenoxy) is 2. The molecule has 0 N–H and O–H groups in total. The van der Waals surface area contributed by atoms with E-state index in [2.05, 4.69) is 9.47 Å². The molecule has 1 saturated heterocycles. The van der Waals surface area contributed by atoms with Crippen molar-refractivity contribution in [3.63, 3.8) is 0 Å². The average Bonchev–Trinajstić information content (AvgIpc) is 2.26.